The predicted octanol–water partition coefficient (Wildman–Crippen LogP) is 1.67. The van der Waals surface area contributed by atoms with Crippen LogP contribution in [-0.2, 0) is 9.53 Å². The Morgan fingerprint density at radius 3 is 2.94 bits per heavy atom. The van der Waals surface area contributed by atoms with Crippen molar-refractivity contribution in [1.82, 2.24) is 0 Å². The number of carbonyl (C=O) groups excluding carboxylic acids is 1. The second-order valence-corrected chi connectivity index (χ2v) is 2.97. The number of benzene rings is 1. The van der Waals surface area contributed by atoms with Gasteiger partial charge >= 0.3 is 5.97 Å². The van der Waals surface area contributed by atoms with Crippen molar-refractivity contribution in [3.63, 3.8) is 0 Å². The molecule has 4 nitrogen and oxygen atoms in total. The molecule has 0 spiro atoms. The van der Waals surface area contributed by atoms with Crippen molar-refractivity contribution >= 4 is 11.7 Å². The van der Waals surface area contributed by atoms with Crippen LogP contribution in [0.25, 0.3) is 0 Å². The smallest absolute Gasteiger partial charge is 0.325 e. The molecule has 0 radical (unpaired) electrons. The number of carbonyl (C=O) groups is 1. The van der Waals surface area contributed by atoms with Gasteiger partial charge in [-0.1, -0.05) is 0 Å². The molecule has 0 saturated carbocycles. The fourth-order valence-electron chi connectivity index (χ4n) is 1.11. The molecular weight excluding hydrogens is 211 g/mol. The molecule has 0 atom stereocenters. The lowest BCUT2D eigenvalue weighted by atomic mass is 10.2. The molecule has 1 rings (SSSR count). The maximum Gasteiger partial charge on any atom is 0.325 e. The van der Waals surface area contributed by atoms with Gasteiger partial charge in [-0.05, 0) is 25.1 Å². The molecule has 5 heteroatoms. The minimum absolute atomic E-state index is 0.101. The Balaban J connectivity index is 2.62. The first-order valence-corrected chi connectivity index (χ1v) is 4.76. The van der Waals surface area contributed by atoms with Gasteiger partial charge in [-0.25, -0.2) is 4.39 Å². The molecule has 84 valence electrons. The van der Waals surface area contributed by atoms with E-state index in [0.29, 0.717) is 0 Å². The summed E-state index contributed by atoms with van der Waals surface area (Å²) in [5, 5.41) is 11.1. The van der Waals surface area contributed by atoms with Gasteiger partial charge in [0.25, 0.3) is 0 Å². The third kappa shape index (κ3) is 3.24. The van der Waals surface area contributed by atoms with E-state index in [-0.39, 0.29) is 24.4 Å². The van der Waals surface area contributed by atoms with Crippen LogP contribution >= 0.6 is 0 Å². The number of ether oxygens (including phenoxy) is 1. The summed E-state index contributed by atoms with van der Waals surface area (Å²) in [5.74, 6) is -1.02. The minimum Gasteiger partial charge on any atom is -0.465 e. The number of nitrogens with one attached hydrogen (secondary N) is 1. The Morgan fingerprint density at radius 2 is 2.38 bits per heavy atom. The van der Waals surface area contributed by atoms with E-state index in [2.05, 4.69) is 10.1 Å². The zero-order valence-corrected chi connectivity index (χ0v) is 8.79. The summed E-state index contributed by atoms with van der Waals surface area (Å²) in [5.41, 5.74) is 0.409. The number of nitrogens with zero attached hydrogens (tertiary/aromatic N) is 1. The van der Waals surface area contributed by atoms with Crippen LogP contribution in [0.3, 0.4) is 0 Å². The highest BCUT2D eigenvalue weighted by molar-refractivity contribution is 5.75. The zero-order valence-electron chi connectivity index (χ0n) is 8.79. The Kier molecular flexibility index (Phi) is 4.28. The highest BCUT2D eigenvalue weighted by atomic mass is 19.1. The van der Waals surface area contributed by atoms with Crippen LogP contribution in [-0.4, -0.2) is 19.1 Å². The summed E-state index contributed by atoms with van der Waals surface area (Å²) in [6, 6.07) is 5.80. The maximum atomic E-state index is 13.3. The molecule has 0 aliphatic heterocycles. The predicted molar refractivity (Wildman–Crippen MR) is 56.2 cm³/mol. The van der Waals surface area contributed by atoms with Crippen molar-refractivity contribution in [2.45, 2.75) is 6.92 Å². The first-order chi connectivity index (χ1) is 7.67. The second-order valence-electron chi connectivity index (χ2n) is 2.97. The topological polar surface area (TPSA) is 62.1 Å². The molecule has 0 saturated heterocycles. The Bertz CT molecular complexity index is 426. The Labute approximate surface area is 92.6 Å². The van der Waals surface area contributed by atoms with E-state index >= 15 is 0 Å². The average molecular weight is 222 g/mol. The van der Waals surface area contributed by atoms with E-state index in [1.807, 2.05) is 6.07 Å². The molecule has 0 amide bonds. The van der Waals surface area contributed by atoms with E-state index < -0.39 is 11.8 Å². The van der Waals surface area contributed by atoms with Crippen LogP contribution in [0.2, 0.25) is 0 Å². The standard InChI is InChI=1S/C11H11FN2O2/c1-2-16-11(15)7-14-10-4-3-8(6-13)5-9(10)12/h3-5,14H,2,7H2,1H3. The molecule has 1 N–H and O–H groups in total. The Hall–Kier alpha value is -2.09. The van der Waals surface area contributed by atoms with Gasteiger partial charge < -0.3 is 10.1 Å². The number of esters is 1. The number of hydrogen-bond donors (Lipinski definition) is 1. The first-order valence-electron chi connectivity index (χ1n) is 4.76. The van der Waals surface area contributed by atoms with E-state index in [1.54, 1.807) is 6.92 Å². The molecule has 0 heterocycles. The Morgan fingerprint density at radius 1 is 1.62 bits per heavy atom. The molecule has 0 aromatic heterocycles. The minimum atomic E-state index is -0.566. The summed E-state index contributed by atoms with van der Waals surface area (Å²) >= 11 is 0. The third-order valence-electron chi connectivity index (χ3n) is 1.83. The molecule has 0 aliphatic carbocycles. The van der Waals surface area contributed by atoms with Gasteiger partial charge in [0.15, 0.2) is 0 Å². The van der Waals surface area contributed by atoms with Gasteiger partial charge in [-0.3, -0.25) is 4.79 Å². The van der Waals surface area contributed by atoms with Crippen LogP contribution in [0, 0.1) is 17.1 Å². The second kappa shape index (κ2) is 5.71. The van der Waals surface area contributed by atoms with Gasteiger partial charge in [0, 0.05) is 0 Å². The number of anilines is 1. The largest absolute Gasteiger partial charge is 0.465 e. The number of nitriles is 1. The summed E-state index contributed by atoms with van der Waals surface area (Å²) < 4.78 is 18.0. The fraction of sp³-hybridized carbons (Fsp3) is 0.273. The molecule has 0 unspecified atom stereocenters. The third-order valence-corrected chi connectivity index (χ3v) is 1.83. The van der Waals surface area contributed by atoms with Crippen molar-refractivity contribution in [2.75, 3.05) is 18.5 Å². The quantitative estimate of drug-likeness (QED) is 0.787. The van der Waals surface area contributed by atoms with Crippen molar-refractivity contribution in [3.8, 4) is 6.07 Å². The number of hydrogen-bond acceptors (Lipinski definition) is 4. The van der Waals surface area contributed by atoms with Crippen molar-refractivity contribution in [2.24, 2.45) is 0 Å². The zero-order chi connectivity index (χ0) is 12.0. The van der Waals surface area contributed by atoms with Gasteiger partial charge in [0.1, 0.15) is 12.4 Å². The lowest BCUT2D eigenvalue weighted by molar-refractivity contribution is -0.140. The summed E-state index contributed by atoms with van der Waals surface area (Å²) in [6.07, 6.45) is 0. The summed E-state index contributed by atoms with van der Waals surface area (Å²) in [6.45, 7) is 1.88. The summed E-state index contributed by atoms with van der Waals surface area (Å²) in [7, 11) is 0. The van der Waals surface area contributed by atoms with Crippen molar-refractivity contribution in [3.05, 3.63) is 29.6 Å². The average Bonchev–Trinajstić information content (AvgIpc) is 2.27. The highest BCUT2D eigenvalue weighted by Gasteiger charge is 2.06. The molecular formula is C11H11FN2O2. The van der Waals surface area contributed by atoms with Gasteiger partial charge in [0.05, 0.1) is 23.9 Å². The SMILES string of the molecule is CCOC(=O)CNc1ccc(C#N)cc1F. The molecule has 0 bridgehead atoms. The van der Waals surface area contributed by atoms with Crippen molar-refractivity contribution < 1.29 is 13.9 Å². The van der Waals surface area contributed by atoms with E-state index in [9.17, 15) is 9.18 Å². The van der Waals surface area contributed by atoms with Crippen LogP contribution in [0.1, 0.15) is 12.5 Å². The molecule has 0 aliphatic rings. The number of rotatable bonds is 4. The van der Waals surface area contributed by atoms with Crippen LogP contribution in [0.4, 0.5) is 10.1 Å². The number of halogens is 1. The molecule has 1 aromatic carbocycles. The highest BCUT2D eigenvalue weighted by Crippen LogP contribution is 2.14. The van der Waals surface area contributed by atoms with Gasteiger partial charge in [-0.2, -0.15) is 5.26 Å². The van der Waals surface area contributed by atoms with Crippen LogP contribution in [0.15, 0.2) is 18.2 Å². The van der Waals surface area contributed by atoms with E-state index in [1.165, 1.54) is 12.1 Å². The first kappa shape index (κ1) is 12.0. The van der Waals surface area contributed by atoms with Crippen LogP contribution in [0.5, 0.6) is 0 Å². The molecule has 0 fully saturated rings. The lowest BCUT2D eigenvalue weighted by Gasteiger charge is -2.06. The van der Waals surface area contributed by atoms with Crippen LogP contribution < -0.4 is 5.32 Å². The fourth-order valence-corrected chi connectivity index (χ4v) is 1.11. The summed E-state index contributed by atoms with van der Waals surface area (Å²) in [4.78, 5) is 11.0. The monoisotopic (exact) mass is 222 g/mol. The van der Waals surface area contributed by atoms with E-state index in [4.69, 9.17) is 5.26 Å². The molecule has 1 aromatic rings. The van der Waals surface area contributed by atoms with Gasteiger partial charge in [-0.15, -0.1) is 0 Å². The lowest BCUT2D eigenvalue weighted by Crippen LogP contribution is -2.17. The molecule has 16 heavy (non-hydrogen) atoms. The van der Waals surface area contributed by atoms with Gasteiger partial charge in [0.2, 0.25) is 0 Å². The van der Waals surface area contributed by atoms with E-state index in [0.717, 1.165) is 6.07 Å². The normalized spacial score (nSPS) is 9.31. The van der Waals surface area contributed by atoms with Crippen molar-refractivity contribution in [1.29, 1.82) is 5.26 Å². The maximum absolute atomic E-state index is 13.3.